The normalized spacial score (nSPS) is 10.4. The monoisotopic (exact) mass is 207 g/mol. The number of H-pyrrole nitrogens is 1. The lowest BCUT2D eigenvalue weighted by atomic mass is 10.1. The fourth-order valence-electron chi connectivity index (χ4n) is 1.35. The zero-order valence-corrected chi connectivity index (χ0v) is 8.47. The summed E-state index contributed by atoms with van der Waals surface area (Å²) in [5.41, 5.74) is 8.35. The van der Waals surface area contributed by atoms with Crippen LogP contribution in [0.5, 0.6) is 0 Å². The maximum Gasteiger partial charge on any atom is 0.199 e. The SMILES string of the molecule is Cc1cccc(-c2nc(N)[nH]c2Cl)c1. The van der Waals surface area contributed by atoms with Crippen molar-refractivity contribution in [2.75, 3.05) is 5.73 Å². The number of imidazole rings is 1. The number of benzene rings is 1. The summed E-state index contributed by atoms with van der Waals surface area (Å²) in [4.78, 5) is 6.87. The van der Waals surface area contributed by atoms with Crippen LogP contribution in [0.3, 0.4) is 0 Å². The van der Waals surface area contributed by atoms with E-state index < -0.39 is 0 Å². The molecule has 72 valence electrons. The number of nitrogen functional groups attached to an aromatic ring is 1. The van der Waals surface area contributed by atoms with Gasteiger partial charge in [0.1, 0.15) is 10.8 Å². The molecule has 2 rings (SSSR count). The Kier molecular flexibility index (Phi) is 2.17. The Morgan fingerprint density at radius 3 is 2.79 bits per heavy atom. The number of anilines is 1. The number of hydrogen-bond acceptors (Lipinski definition) is 2. The van der Waals surface area contributed by atoms with Gasteiger partial charge >= 0.3 is 0 Å². The molecule has 0 atom stereocenters. The molecule has 0 aliphatic heterocycles. The van der Waals surface area contributed by atoms with Crippen molar-refractivity contribution in [2.24, 2.45) is 0 Å². The van der Waals surface area contributed by atoms with Crippen LogP contribution in [0.2, 0.25) is 5.15 Å². The Balaban J connectivity index is 2.54. The van der Waals surface area contributed by atoms with E-state index in [-0.39, 0.29) is 0 Å². The minimum Gasteiger partial charge on any atom is -0.369 e. The maximum absolute atomic E-state index is 5.93. The molecular formula is C10H10ClN3. The Morgan fingerprint density at radius 2 is 2.21 bits per heavy atom. The zero-order chi connectivity index (χ0) is 10.1. The van der Waals surface area contributed by atoms with Gasteiger partial charge in [0.2, 0.25) is 0 Å². The van der Waals surface area contributed by atoms with Crippen LogP contribution in [0, 0.1) is 6.92 Å². The van der Waals surface area contributed by atoms with E-state index in [2.05, 4.69) is 9.97 Å². The number of nitrogens with two attached hydrogens (primary N) is 1. The van der Waals surface area contributed by atoms with Crippen LogP contribution in [-0.4, -0.2) is 9.97 Å². The summed E-state index contributed by atoms with van der Waals surface area (Å²) in [7, 11) is 0. The summed E-state index contributed by atoms with van der Waals surface area (Å²) < 4.78 is 0. The van der Waals surface area contributed by atoms with Gasteiger partial charge in [0.05, 0.1) is 0 Å². The second-order valence-electron chi connectivity index (χ2n) is 3.15. The van der Waals surface area contributed by atoms with Crippen molar-refractivity contribution in [1.82, 2.24) is 9.97 Å². The molecule has 0 aliphatic carbocycles. The first-order valence-corrected chi connectivity index (χ1v) is 4.62. The van der Waals surface area contributed by atoms with Crippen molar-refractivity contribution in [3.63, 3.8) is 0 Å². The van der Waals surface area contributed by atoms with E-state index in [1.165, 1.54) is 5.56 Å². The molecule has 0 saturated heterocycles. The fraction of sp³-hybridized carbons (Fsp3) is 0.100. The van der Waals surface area contributed by atoms with E-state index in [4.69, 9.17) is 17.3 Å². The highest BCUT2D eigenvalue weighted by atomic mass is 35.5. The molecule has 0 saturated carbocycles. The van der Waals surface area contributed by atoms with Gasteiger partial charge in [0.25, 0.3) is 0 Å². The van der Waals surface area contributed by atoms with Crippen molar-refractivity contribution >= 4 is 17.5 Å². The number of hydrogen-bond donors (Lipinski definition) is 2. The molecule has 4 heteroatoms. The molecule has 0 radical (unpaired) electrons. The predicted molar refractivity (Wildman–Crippen MR) is 58.2 cm³/mol. The molecular weight excluding hydrogens is 198 g/mol. The van der Waals surface area contributed by atoms with E-state index in [0.717, 1.165) is 5.56 Å². The number of aryl methyl sites for hydroxylation is 1. The second kappa shape index (κ2) is 3.35. The highest BCUT2D eigenvalue weighted by molar-refractivity contribution is 6.32. The lowest BCUT2D eigenvalue weighted by molar-refractivity contribution is 1.32. The standard InChI is InChI=1S/C10H10ClN3/c1-6-3-2-4-7(5-6)8-9(11)14-10(12)13-8/h2-5H,1H3,(H3,12,13,14). The molecule has 14 heavy (non-hydrogen) atoms. The molecule has 2 aromatic rings. The Morgan fingerprint density at radius 1 is 1.43 bits per heavy atom. The molecule has 0 bridgehead atoms. The minimum absolute atomic E-state index is 0.339. The molecule has 0 fully saturated rings. The van der Waals surface area contributed by atoms with E-state index in [9.17, 15) is 0 Å². The zero-order valence-electron chi connectivity index (χ0n) is 7.71. The van der Waals surface area contributed by atoms with E-state index in [0.29, 0.717) is 16.8 Å². The number of halogens is 1. The molecule has 3 N–H and O–H groups in total. The Labute approximate surface area is 86.9 Å². The number of aromatic nitrogens is 2. The van der Waals surface area contributed by atoms with Gasteiger partial charge in [-0.1, -0.05) is 35.4 Å². The van der Waals surface area contributed by atoms with Gasteiger partial charge in [0.15, 0.2) is 5.95 Å². The summed E-state index contributed by atoms with van der Waals surface area (Å²) in [6, 6.07) is 7.95. The lowest BCUT2D eigenvalue weighted by Crippen LogP contribution is -1.85. The van der Waals surface area contributed by atoms with Crippen LogP contribution in [0.25, 0.3) is 11.3 Å². The smallest absolute Gasteiger partial charge is 0.199 e. The molecule has 1 aromatic heterocycles. The van der Waals surface area contributed by atoms with Crippen molar-refractivity contribution in [2.45, 2.75) is 6.92 Å². The Bertz CT molecular complexity index is 462. The molecule has 0 aliphatic rings. The van der Waals surface area contributed by atoms with Gasteiger partial charge in [-0.3, -0.25) is 0 Å². The number of aromatic amines is 1. The maximum atomic E-state index is 5.93. The van der Waals surface area contributed by atoms with Crippen LogP contribution in [0.1, 0.15) is 5.56 Å². The van der Waals surface area contributed by atoms with Crippen LogP contribution in [0.4, 0.5) is 5.95 Å². The summed E-state index contributed by atoms with van der Waals surface area (Å²) in [6.45, 7) is 2.02. The summed E-state index contributed by atoms with van der Waals surface area (Å²) >= 11 is 5.93. The largest absolute Gasteiger partial charge is 0.369 e. The molecule has 0 amide bonds. The van der Waals surface area contributed by atoms with Crippen LogP contribution in [0.15, 0.2) is 24.3 Å². The number of nitrogens with one attached hydrogen (secondary N) is 1. The quantitative estimate of drug-likeness (QED) is 0.755. The van der Waals surface area contributed by atoms with Crippen molar-refractivity contribution < 1.29 is 0 Å². The topological polar surface area (TPSA) is 54.7 Å². The molecule has 0 unspecified atom stereocenters. The lowest BCUT2D eigenvalue weighted by Gasteiger charge is -1.98. The minimum atomic E-state index is 0.339. The van der Waals surface area contributed by atoms with E-state index in [1.807, 2.05) is 31.2 Å². The van der Waals surface area contributed by atoms with Crippen molar-refractivity contribution in [1.29, 1.82) is 0 Å². The first-order chi connectivity index (χ1) is 6.66. The summed E-state index contributed by atoms with van der Waals surface area (Å²) in [5, 5.41) is 0.480. The van der Waals surface area contributed by atoms with Gasteiger partial charge in [-0.2, -0.15) is 0 Å². The molecule has 1 aromatic carbocycles. The predicted octanol–water partition coefficient (Wildman–Crippen LogP) is 2.62. The summed E-state index contributed by atoms with van der Waals surface area (Å²) in [5.74, 6) is 0.339. The fourth-order valence-corrected chi connectivity index (χ4v) is 1.60. The number of rotatable bonds is 1. The molecule has 0 spiro atoms. The Hall–Kier alpha value is -1.48. The van der Waals surface area contributed by atoms with Crippen LogP contribution >= 0.6 is 11.6 Å². The average Bonchev–Trinajstić information content (AvgIpc) is 2.45. The third kappa shape index (κ3) is 1.59. The first-order valence-electron chi connectivity index (χ1n) is 4.25. The summed E-state index contributed by atoms with van der Waals surface area (Å²) in [6.07, 6.45) is 0. The van der Waals surface area contributed by atoms with E-state index >= 15 is 0 Å². The van der Waals surface area contributed by atoms with Crippen molar-refractivity contribution in [3.8, 4) is 11.3 Å². The first kappa shape index (κ1) is 9.09. The van der Waals surface area contributed by atoms with Crippen LogP contribution in [-0.2, 0) is 0 Å². The molecule has 3 nitrogen and oxygen atoms in total. The highest BCUT2D eigenvalue weighted by Crippen LogP contribution is 2.26. The van der Waals surface area contributed by atoms with E-state index in [1.54, 1.807) is 0 Å². The third-order valence-corrected chi connectivity index (χ3v) is 2.24. The molecule has 1 heterocycles. The van der Waals surface area contributed by atoms with Gasteiger partial charge < -0.3 is 10.7 Å². The van der Waals surface area contributed by atoms with Crippen molar-refractivity contribution in [3.05, 3.63) is 35.0 Å². The number of nitrogens with zero attached hydrogens (tertiary/aromatic N) is 1. The highest BCUT2D eigenvalue weighted by Gasteiger charge is 2.08. The average molecular weight is 208 g/mol. The second-order valence-corrected chi connectivity index (χ2v) is 3.53. The third-order valence-electron chi connectivity index (χ3n) is 1.97. The van der Waals surface area contributed by atoms with Gasteiger partial charge in [-0.15, -0.1) is 0 Å². The van der Waals surface area contributed by atoms with Gasteiger partial charge in [0, 0.05) is 5.56 Å². The van der Waals surface area contributed by atoms with Gasteiger partial charge in [-0.25, -0.2) is 4.98 Å². The van der Waals surface area contributed by atoms with Gasteiger partial charge in [-0.05, 0) is 13.0 Å². The van der Waals surface area contributed by atoms with Crippen LogP contribution < -0.4 is 5.73 Å².